The first-order chi connectivity index (χ1) is 10.0. The largest absolute Gasteiger partial charge is 0.465 e. The van der Waals surface area contributed by atoms with E-state index in [1.165, 1.54) is 13.2 Å². The van der Waals surface area contributed by atoms with Gasteiger partial charge in [-0.15, -0.1) is 0 Å². The van der Waals surface area contributed by atoms with Gasteiger partial charge in [0.15, 0.2) is 0 Å². The molecule has 108 valence electrons. The van der Waals surface area contributed by atoms with Gasteiger partial charge < -0.3 is 4.74 Å². The topological polar surface area (TPSA) is 69.4 Å². The van der Waals surface area contributed by atoms with Crippen LogP contribution in [0.3, 0.4) is 0 Å². The number of carbonyl (C=O) groups is 1. The predicted molar refractivity (Wildman–Crippen MR) is 80.0 cm³/mol. The van der Waals surface area contributed by atoms with E-state index >= 15 is 0 Å². The van der Waals surface area contributed by atoms with Crippen molar-refractivity contribution in [1.82, 2.24) is 0 Å². The highest BCUT2D eigenvalue weighted by atomic mass is 35.5. The van der Waals surface area contributed by atoms with E-state index in [9.17, 15) is 14.9 Å². The third-order valence-electron chi connectivity index (χ3n) is 2.64. The highest BCUT2D eigenvalue weighted by molar-refractivity contribution is 7.99. The van der Waals surface area contributed by atoms with Crippen LogP contribution in [0.15, 0.2) is 52.3 Å². The van der Waals surface area contributed by atoms with E-state index in [1.54, 1.807) is 36.4 Å². The molecule has 5 nitrogen and oxygen atoms in total. The number of ether oxygens (including phenoxy) is 1. The molecule has 0 atom stereocenters. The fourth-order valence-electron chi connectivity index (χ4n) is 1.71. The minimum atomic E-state index is -0.536. The summed E-state index contributed by atoms with van der Waals surface area (Å²) in [7, 11) is 1.28. The number of nitro benzene ring substituents is 1. The number of nitrogens with zero attached hydrogens (tertiary/aromatic N) is 1. The Hall–Kier alpha value is -2.05. The number of methoxy groups -OCH3 is 1. The molecule has 0 aliphatic carbocycles. The second-order valence-electron chi connectivity index (χ2n) is 3.93. The van der Waals surface area contributed by atoms with Crippen molar-refractivity contribution in [2.75, 3.05) is 7.11 Å². The van der Waals surface area contributed by atoms with Crippen LogP contribution in [0.1, 0.15) is 10.4 Å². The van der Waals surface area contributed by atoms with Crippen LogP contribution in [0.2, 0.25) is 5.02 Å². The maximum atomic E-state index is 11.7. The molecule has 0 radical (unpaired) electrons. The van der Waals surface area contributed by atoms with E-state index in [0.717, 1.165) is 11.8 Å². The van der Waals surface area contributed by atoms with Crippen LogP contribution in [0, 0.1) is 10.1 Å². The zero-order valence-corrected chi connectivity index (χ0v) is 12.5. The van der Waals surface area contributed by atoms with Crippen LogP contribution in [0.25, 0.3) is 0 Å². The monoisotopic (exact) mass is 323 g/mol. The van der Waals surface area contributed by atoms with Gasteiger partial charge in [-0.25, -0.2) is 4.79 Å². The minimum Gasteiger partial charge on any atom is -0.465 e. The number of rotatable bonds is 4. The number of hydrogen-bond acceptors (Lipinski definition) is 5. The second-order valence-corrected chi connectivity index (χ2v) is 5.42. The Morgan fingerprint density at radius 3 is 2.52 bits per heavy atom. The third-order valence-corrected chi connectivity index (χ3v) is 4.07. The van der Waals surface area contributed by atoms with Gasteiger partial charge in [0.25, 0.3) is 0 Å². The molecule has 0 spiro atoms. The van der Waals surface area contributed by atoms with Gasteiger partial charge in [0.1, 0.15) is 5.02 Å². The summed E-state index contributed by atoms with van der Waals surface area (Å²) >= 11 is 6.97. The second kappa shape index (κ2) is 6.60. The van der Waals surface area contributed by atoms with Gasteiger partial charge in [-0.1, -0.05) is 41.6 Å². The quantitative estimate of drug-likeness (QED) is 0.479. The summed E-state index contributed by atoms with van der Waals surface area (Å²) in [6.45, 7) is 0. The van der Waals surface area contributed by atoms with E-state index < -0.39 is 10.9 Å². The number of hydrogen-bond donors (Lipinski definition) is 0. The van der Waals surface area contributed by atoms with Crippen molar-refractivity contribution in [2.24, 2.45) is 0 Å². The molecular weight excluding hydrogens is 314 g/mol. The van der Waals surface area contributed by atoms with Crippen molar-refractivity contribution in [3.63, 3.8) is 0 Å². The highest BCUT2D eigenvalue weighted by Crippen LogP contribution is 2.40. The summed E-state index contributed by atoms with van der Waals surface area (Å²) in [4.78, 5) is 23.2. The first-order valence-corrected chi connectivity index (χ1v) is 7.02. The van der Waals surface area contributed by atoms with Crippen molar-refractivity contribution in [1.29, 1.82) is 0 Å². The smallest absolute Gasteiger partial charge is 0.339 e. The normalized spacial score (nSPS) is 10.2. The van der Waals surface area contributed by atoms with Crippen LogP contribution < -0.4 is 0 Å². The van der Waals surface area contributed by atoms with Gasteiger partial charge in [0, 0.05) is 4.90 Å². The molecule has 0 heterocycles. The SMILES string of the molecule is COC(=O)c1ccccc1Sc1cccc(Cl)c1[N+](=O)[O-]. The molecule has 2 aromatic carbocycles. The minimum absolute atomic E-state index is 0.0561. The number of halogens is 1. The molecule has 0 saturated heterocycles. The molecule has 0 bridgehead atoms. The summed E-state index contributed by atoms with van der Waals surface area (Å²) < 4.78 is 4.70. The maximum Gasteiger partial charge on any atom is 0.339 e. The van der Waals surface area contributed by atoms with Crippen molar-refractivity contribution >= 4 is 35.0 Å². The Morgan fingerprint density at radius 2 is 1.86 bits per heavy atom. The molecule has 0 aromatic heterocycles. The molecule has 0 aliphatic rings. The molecule has 7 heteroatoms. The summed E-state index contributed by atoms with van der Waals surface area (Å²) in [5, 5.41) is 11.2. The fraction of sp³-hybridized carbons (Fsp3) is 0.0714. The van der Waals surface area contributed by atoms with Gasteiger partial charge in [-0.3, -0.25) is 10.1 Å². The Kier molecular flexibility index (Phi) is 4.82. The van der Waals surface area contributed by atoms with Gasteiger partial charge in [-0.05, 0) is 24.3 Å². The van der Waals surface area contributed by atoms with E-state index in [0.29, 0.717) is 15.4 Å². The molecule has 0 saturated carbocycles. The molecule has 0 N–H and O–H groups in total. The lowest BCUT2D eigenvalue weighted by atomic mass is 10.2. The number of nitro groups is 1. The lowest BCUT2D eigenvalue weighted by Crippen LogP contribution is -2.02. The summed E-state index contributed by atoms with van der Waals surface area (Å²) in [5.74, 6) is -0.497. The molecule has 2 rings (SSSR count). The van der Waals surface area contributed by atoms with Crippen LogP contribution in [-0.2, 0) is 4.74 Å². The van der Waals surface area contributed by atoms with Crippen LogP contribution >= 0.6 is 23.4 Å². The van der Waals surface area contributed by atoms with Crippen LogP contribution in [-0.4, -0.2) is 18.0 Å². The molecule has 0 fully saturated rings. The lowest BCUT2D eigenvalue weighted by molar-refractivity contribution is -0.387. The average molecular weight is 324 g/mol. The fourth-order valence-corrected chi connectivity index (χ4v) is 3.08. The van der Waals surface area contributed by atoms with Crippen molar-refractivity contribution in [3.8, 4) is 0 Å². The molecule has 2 aromatic rings. The van der Waals surface area contributed by atoms with Gasteiger partial charge in [0.05, 0.1) is 22.5 Å². The molecule has 0 aliphatic heterocycles. The summed E-state index contributed by atoms with van der Waals surface area (Å²) in [5.41, 5.74) is 0.170. The summed E-state index contributed by atoms with van der Waals surface area (Å²) in [6.07, 6.45) is 0. The third kappa shape index (κ3) is 3.34. The number of carbonyl (C=O) groups excluding carboxylic acids is 1. The van der Waals surface area contributed by atoms with Gasteiger partial charge >= 0.3 is 11.7 Å². The maximum absolute atomic E-state index is 11.7. The highest BCUT2D eigenvalue weighted by Gasteiger charge is 2.21. The number of esters is 1. The Labute approximate surface area is 130 Å². The lowest BCUT2D eigenvalue weighted by Gasteiger charge is -2.08. The van der Waals surface area contributed by atoms with Crippen molar-refractivity contribution < 1.29 is 14.5 Å². The number of benzene rings is 2. The van der Waals surface area contributed by atoms with Crippen LogP contribution in [0.5, 0.6) is 0 Å². The average Bonchev–Trinajstić information content (AvgIpc) is 2.46. The van der Waals surface area contributed by atoms with Gasteiger partial charge in [-0.2, -0.15) is 0 Å². The molecule has 0 amide bonds. The standard InChI is InChI=1S/C14H10ClNO4S/c1-20-14(17)9-5-2-3-7-11(9)21-12-8-4-6-10(15)13(12)16(18)19/h2-8H,1H3. The molecule has 21 heavy (non-hydrogen) atoms. The number of para-hydroxylation sites is 1. The Morgan fingerprint density at radius 1 is 1.19 bits per heavy atom. The Bertz CT molecular complexity index is 705. The zero-order valence-electron chi connectivity index (χ0n) is 10.9. The van der Waals surface area contributed by atoms with Crippen molar-refractivity contribution in [3.05, 3.63) is 63.2 Å². The first-order valence-electron chi connectivity index (χ1n) is 5.82. The molecule has 0 unspecified atom stereocenters. The van der Waals surface area contributed by atoms with E-state index in [2.05, 4.69) is 0 Å². The summed E-state index contributed by atoms with van der Waals surface area (Å²) in [6, 6.07) is 11.4. The van der Waals surface area contributed by atoms with Gasteiger partial charge in [0.2, 0.25) is 0 Å². The van der Waals surface area contributed by atoms with E-state index in [4.69, 9.17) is 16.3 Å². The van der Waals surface area contributed by atoms with Crippen LogP contribution in [0.4, 0.5) is 5.69 Å². The molecular formula is C14H10ClNO4S. The first kappa shape index (κ1) is 15.3. The zero-order chi connectivity index (χ0) is 15.4. The van der Waals surface area contributed by atoms with E-state index in [-0.39, 0.29) is 10.7 Å². The predicted octanol–water partition coefficient (Wildman–Crippen LogP) is 4.19. The Balaban J connectivity index is 2.47. The van der Waals surface area contributed by atoms with Crippen molar-refractivity contribution in [2.45, 2.75) is 9.79 Å². The van der Waals surface area contributed by atoms with E-state index in [1.807, 2.05) is 0 Å².